The van der Waals surface area contributed by atoms with Crippen molar-refractivity contribution in [3.05, 3.63) is 23.8 Å². The first-order valence-electron chi connectivity index (χ1n) is 5.96. The van der Waals surface area contributed by atoms with Gasteiger partial charge in [0.25, 0.3) is 0 Å². The van der Waals surface area contributed by atoms with Crippen LogP contribution in [0, 0.1) is 12.3 Å². The molecule has 0 spiro atoms. The highest BCUT2D eigenvalue weighted by atomic mass is 16.5. The average Bonchev–Trinajstić information content (AvgIpc) is 2.84. The fourth-order valence-corrected chi connectivity index (χ4v) is 1.90. The molecule has 0 aliphatic heterocycles. The lowest BCUT2D eigenvalue weighted by molar-refractivity contribution is -0.139. The lowest BCUT2D eigenvalue weighted by Crippen LogP contribution is -2.19. The molecule has 0 radical (unpaired) electrons. The average molecular weight is 264 g/mol. The number of carboxylic acids is 1. The highest BCUT2D eigenvalue weighted by molar-refractivity contribution is 5.67. The summed E-state index contributed by atoms with van der Waals surface area (Å²) in [5.41, 5.74) is 0.491. The van der Waals surface area contributed by atoms with E-state index < -0.39 is 11.4 Å². The SMILES string of the molecule is Cc1ccoc1-c1noc(CC(C)(C)CC(=O)O)n1. The molecule has 0 aliphatic rings. The number of carbonyl (C=O) groups is 1. The number of hydrogen-bond donors (Lipinski definition) is 1. The molecule has 0 atom stereocenters. The third-order valence-electron chi connectivity index (χ3n) is 2.79. The predicted molar refractivity (Wildman–Crippen MR) is 66.5 cm³/mol. The molecule has 1 N–H and O–H groups in total. The van der Waals surface area contributed by atoms with E-state index in [1.165, 1.54) is 0 Å². The normalized spacial score (nSPS) is 11.7. The van der Waals surface area contributed by atoms with Crippen molar-refractivity contribution in [2.75, 3.05) is 0 Å². The number of aromatic nitrogens is 2. The Hall–Kier alpha value is -2.11. The van der Waals surface area contributed by atoms with Crippen molar-refractivity contribution in [1.29, 1.82) is 0 Å². The Kier molecular flexibility index (Phi) is 3.42. The van der Waals surface area contributed by atoms with Gasteiger partial charge in [-0.25, -0.2) is 0 Å². The number of rotatable bonds is 5. The summed E-state index contributed by atoms with van der Waals surface area (Å²) in [6.45, 7) is 5.59. The Morgan fingerprint density at radius 3 is 2.79 bits per heavy atom. The van der Waals surface area contributed by atoms with E-state index in [0.29, 0.717) is 23.9 Å². The molecule has 6 nitrogen and oxygen atoms in total. The maximum absolute atomic E-state index is 10.8. The summed E-state index contributed by atoms with van der Waals surface area (Å²) in [6.07, 6.45) is 2.02. The molecule has 0 unspecified atom stereocenters. The molecule has 0 aromatic carbocycles. The van der Waals surface area contributed by atoms with Gasteiger partial charge in [0.05, 0.1) is 12.7 Å². The van der Waals surface area contributed by atoms with Crippen molar-refractivity contribution in [3.63, 3.8) is 0 Å². The fourth-order valence-electron chi connectivity index (χ4n) is 1.90. The van der Waals surface area contributed by atoms with Crippen LogP contribution in [0.2, 0.25) is 0 Å². The molecule has 6 heteroatoms. The molecule has 0 aliphatic carbocycles. The van der Waals surface area contributed by atoms with E-state index in [4.69, 9.17) is 14.0 Å². The molecule has 19 heavy (non-hydrogen) atoms. The number of aliphatic carboxylic acids is 1. The third-order valence-corrected chi connectivity index (χ3v) is 2.79. The Labute approximate surface area is 110 Å². The molecule has 2 aromatic rings. The number of furan rings is 1. The van der Waals surface area contributed by atoms with Crippen LogP contribution in [0.25, 0.3) is 11.6 Å². The second-order valence-corrected chi connectivity index (χ2v) is 5.36. The Morgan fingerprint density at radius 1 is 1.47 bits per heavy atom. The second-order valence-electron chi connectivity index (χ2n) is 5.36. The fraction of sp³-hybridized carbons (Fsp3) is 0.462. The zero-order chi connectivity index (χ0) is 14.0. The molecule has 2 heterocycles. The molecule has 102 valence electrons. The van der Waals surface area contributed by atoms with Crippen molar-refractivity contribution in [2.24, 2.45) is 5.41 Å². The van der Waals surface area contributed by atoms with Crippen LogP contribution < -0.4 is 0 Å². The van der Waals surface area contributed by atoms with E-state index in [0.717, 1.165) is 5.56 Å². The van der Waals surface area contributed by atoms with E-state index in [2.05, 4.69) is 10.1 Å². The predicted octanol–water partition coefficient (Wildman–Crippen LogP) is 2.68. The molecule has 2 rings (SSSR count). The summed E-state index contributed by atoms with van der Waals surface area (Å²) >= 11 is 0. The van der Waals surface area contributed by atoms with E-state index in [9.17, 15) is 4.79 Å². The van der Waals surface area contributed by atoms with Gasteiger partial charge in [-0.1, -0.05) is 19.0 Å². The monoisotopic (exact) mass is 264 g/mol. The van der Waals surface area contributed by atoms with Gasteiger partial charge in [-0.2, -0.15) is 4.98 Å². The van der Waals surface area contributed by atoms with Gasteiger partial charge in [0.2, 0.25) is 11.7 Å². The molecular formula is C13H16N2O4. The summed E-state index contributed by atoms with van der Waals surface area (Å²) < 4.78 is 10.4. The highest BCUT2D eigenvalue weighted by Crippen LogP contribution is 2.27. The Bertz CT molecular complexity index is 583. The van der Waals surface area contributed by atoms with E-state index in [1.807, 2.05) is 26.8 Å². The molecule has 0 fully saturated rings. The summed E-state index contributed by atoms with van der Waals surface area (Å²) in [5, 5.41) is 12.7. The van der Waals surface area contributed by atoms with E-state index in [1.54, 1.807) is 6.26 Å². The second kappa shape index (κ2) is 4.87. The summed E-state index contributed by atoms with van der Waals surface area (Å²) in [4.78, 5) is 15.0. The first-order chi connectivity index (χ1) is 8.87. The summed E-state index contributed by atoms with van der Waals surface area (Å²) in [6, 6.07) is 1.82. The largest absolute Gasteiger partial charge is 0.481 e. The van der Waals surface area contributed by atoms with Gasteiger partial charge in [-0.3, -0.25) is 4.79 Å². The maximum atomic E-state index is 10.8. The van der Waals surface area contributed by atoms with Gasteiger partial charge in [-0.15, -0.1) is 0 Å². The molecule has 2 aromatic heterocycles. The van der Waals surface area contributed by atoms with Gasteiger partial charge < -0.3 is 14.0 Å². The smallest absolute Gasteiger partial charge is 0.303 e. The van der Waals surface area contributed by atoms with Gasteiger partial charge in [0.1, 0.15) is 0 Å². The van der Waals surface area contributed by atoms with Crippen LogP contribution in [0.15, 0.2) is 21.3 Å². The van der Waals surface area contributed by atoms with Crippen LogP contribution >= 0.6 is 0 Å². The van der Waals surface area contributed by atoms with Crippen LogP contribution in [-0.4, -0.2) is 21.2 Å². The van der Waals surface area contributed by atoms with Gasteiger partial charge in [-0.05, 0) is 24.0 Å². The van der Waals surface area contributed by atoms with E-state index in [-0.39, 0.29) is 6.42 Å². The van der Waals surface area contributed by atoms with Crippen LogP contribution in [0.5, 0.6) is 0 Å². The van der Waals surface area contributed by atoms with Crippen LogP contribution in [-0.2, 0) is 11.2 Å². The minimum atomic E-state index is -0.841. The number of aryl methyl sites for hydroxylation is 1. The van der Waals surface area contributed by atoms with Crippen molar-refractivity contribution >= 4 is 5.97 Å². The molecular weight excluding hydrogens is 248 g/mol. The molecule has 0 amide bonds. The first-order valence-corrected chi connectivity index (χ1v) is 5.96. The minimum absolute atomic E-state index is 0.0461. The Morgan fingerprint density at radius 2 is 2.21 bits per heavy atom. The lowest BCUT2D eigenvalue weighted by Gasteiger charge is -2.19. The molecule has 0 saturated heterocycles. The van der Waals surface area contributed by atoms with Crippen LogP contribution in [0.4, 0.5) is 0 Å². The standard InChI is InChI=1S/C13H16N2O4/c1-8-4-5-18-11(8)12-14-9(19-15-12)6-13(2,3)7-10(16)17/h4-5H,6-7H2,1-3H3,(H,16,17). The Balaban J connectivity index is 2.14. The van der Waals surface area contributed by atoms with Crippen molar-refractivity contribution in [2.45, 2.75) is 33.6 Å². The highest BCUT2D eigenvalue weighted by Gasteiger charge is 2.26. The van der Waals surface area contributed by atoms with Gasteiger partial charge in [0.15, 0.2) is 5.76 Å². The van der Waals surface area contributed by atoms with E-state index >= 15 is 0 Å². The molecule has 0 bridgehead atoms. The van der Waals surface area contributed by atoms with Gasteiger partial charge in [0, 0.05) is 6.42 Å². The van der Waals surface area contributed by atoms with Crippen molar-refractivity contribution in [3.8, 4) is 11.6 Å². The molecule has 0 saturated carbocycles. The van der Waals surface area contributed by atoms with Crippen LogP contribution in [0.1, 0.15) is 31.7 Å². The zero-order valence-corrected chi connectivity index (χ0v) is 11.1. The number of nitrogens with zero attached hydrogens (tertiary/aromatic N) is 2. The van der Waals surface area contributed by atoms with Crippen LogP contribution in [0.3, 0.4) is 0 Å². The zero-order valence-electron chi connectivity index (χ0n) is 11.1. The topological polar surface area (TPSA) is 89.4 Å². The first kappa shape index (κ1) is 13.3. The van der Waals surface area contributed by atoms with Gasteiger partial charge >= 0.3 is 5.97 Å². The summed E-state index contributed by atoms with van der Waals surface area (Å²) in [7, 11) is 0. The maximum Gasteiger partial charge on any atom is 0.303 e. The summed E-state index contributed by atoms with van der Waals surface area (Å²) in [5.74, 6) is 0.540. The minimum Gasteiger partial charge on any atom is -0.481 e. The van der Waals surface area contributed by atoms with Crippen molar-refractivity contribution in [1.82, 2.24) is 10.1 Å². The number of carboxylic acid groups (broad SMARTS) is 1. The number of hydrogen-bond acceptors (Lipinski definition) is 5. The van der Waals surface area contributed by atoms with Crippen molar-refractivity contribution < 1.29 is 18.8 Å². The third kappa shape index (κ3) is 3.21. The lowest BCUT2D eigenvalue weighted by atomic mass is 9.86. The quantitative estimate of drug-likeness (QED) is 0.892.